The summed E-state index contributed by atoms with van der Waals surface area (Å²) in [6.45, 7) is 0. The van der Waals surface area contributed by atoms with E-state index in [0.29, 0.717) is 48.5 Å². The highest BCUT2D eigenvalue weighted by atomic mass is 16.3. The number of benzene rings is 4. The summed E-state index contributed by atoms with van der Waals surface area (Å²) in [6, 6.07) is 28.6. The van der Waals surface area contributed by atoms with E-state index in [2.05, 4.69) is 0 Å². The van der Waals surface area contributed by atoms with Crippen LogP contribution < -0.4 is 0 Å². The third kappa shape index (κ3) is 5.60. The van der Waals surface area contributed by atoms with Crippen LogP contribution in [0.4, 0.5) is 0 Å². The summed E-state index contributed by atoms with van der Waals surface area (Å²) < 4.78 is 0. The van der Waals surface area contributed by atoms with Gasteiger partial charge in [0.2, 0.25) is 0 Å². The van der Waals surface area contributed by atoms with Crippen LogP contribution in [0.15, 0.2) is 164 Å². The number of hydrogen-bond acceptors (Lipinski definition) is 8. The summed E-state index contributed by atoms with van der Waals surface area (Å²) in [5, 5.41) is 42.3. The quantitative estimate of drug-likeness (QED) is 0.171. The van der Waals surface area contributed by atoms with Crippen LogP contribution in [0.25, 0.3) is 22.3 Å². The first-order valence-corrected chi connectivity index (χ1v) is 17.2. The van der Waals surface area contributed by atoms with Crippen LogP contribution in [-0.2, 0) is 0 Å². The van der Waals surface area contributed by atoms with Gasteiger partial charge in [0, 0.05) is 22.3 Å². The molecule has 0 aromatic heterocycles. The van der Waals surface area contributed by atoms with Crippen molar-refractivity contribution in [3.63, 3.8) is 0 Å². The molecule has 4 aromatic carbocycles. The molecule has 9 rings (SSSR count). The second kappa shape index (κ2) is 12.5. The molecule has 0 atom stereocenters. The summed E-state index contributed by atoms with van der Waals surface area (Å²) >= 11 is 0. The van der Waals surface area contributed by atoms with E-state index in [1.165, 1.54) is 0 Å². The minimum Gasteiger partial charge on any atom is -0.508 e. The van der Waals surface area contributed by atoms with Gasteiger partial charge in [-0.1, -0.05) is 48.5 Å². The fourth-order valence-electron chi connectivity index (χ4n) is 7.52. The van der Waals surface area contributed by atoms with Gasteiger partial charge in [0.25, 0.3) is 0 Å². The van der Waals surface area contributed by atoms with E-state index in [4.69, 9.17) is 20.0 Å². The lowest BCUT2D eigenvalue weighted by Gasteiger charge is -2.13. The maximum absolute atomic E-state index is 10.6. The smallest absolute Gasteiger partial charge is 0.116 e. The molecule has 0 saturated carbocycles. The minimum absolute atomic E-state index is 0.140. The van der Waals surface area contributed by atoms with Gasteiger partial charge in [0.15, 0.2) is 0 Å². The Labute approximate surface area is 299 Å². The standard InChI is InChI=1S/C44H32N4O4/c49-29-9-1-5-25(21-29)41-33-13-15-35(45-33)42(26-6-2-10-30(50)22-26)37-17-19-39(47-37)44(28-8-4-12-32(52)24-28)40-20-18-38(48-40)43(36-16-14-34(41)46-36)27-7-3-11-31(51)23-27/h1-13,15,18,20-24,49-52H,14,16-17,19H2. The number of aliphatic imine (C=N–C) groups is 4. The summed E-state index contributed by atoms with van der Waals surface area (Å²) in [5.74, 6) is 0.561. The van der Waals surface area contributed by atoms with E-state index in [0.717, 1.165) is 67.4 Å². The van der Waals surface area contributed by atoms with Crippen LogP contribution in [0.5, 0.6) is 23.0 Å². The van der Waals surface area contributed by atoms with Crippen molar-refractivity contribution in [2.45, 2.75) is 25.7 Å². The Morgan fingerprint density at radius 2 is 0.712 bits per heavy atom. The van der Waals surface area contributed by atoms with Crippen molar-refractivity contribution in [2.75, 3.05) is 0 Å². The molecule has 52 heavy (non-hydrogen) atoms. The molecule has 8 bridgehead atoms. The second-order valence-corrected chi connectivity index (χ2v) is 13.1. The molecule has 5 heterocycles. The lowest BCUT2D eigenvalue weighted by Crippen LogP contribution is -2.03. The largest absolute Gasteiger partial charge is 0.508 e. The van der Waals surface area contributed by atoms with Gasteiger partial charge in [0.1, 0.15) is 23.0 Å². The normalized spacial score (nSPS) is 18.0. The van der Waals surface area contributed by atoms with Crippen LogP contribution >= 0.6 is 0 Å². The van der Waals surface area contributed by atoms with Crippen molar-refractivity contribution in [1.82, 2.24) is 0 Å². The molecule has 0 fully saturated rings. The molecule has 0 spiro atoms. The predicted octanol–water partition coefficient (Wildman–Crippen LogP) is 8.96. The van der Waals surface area contributed by atoms with Gasteiger partial charge in [0.05, 0.1) is 45.6 Å². The van der Waals surface area contributed by atoms with Gasteiger partial charge < -0.3 is 20.4 Å². The van der Waals surface area contributed by atoms with Gasteiger partial charge in [-0.3, -0.25) is 9.98 Å². The van der Waals surface area contributed by atoms with E-state index < -0.39 is 0 Å². The highest BCUT2D eigenvalue weighted by Crippen LogP contribution is 2.42. The summed E-state index contributed by atoms with van der Waals surface area (Å²) in [6.07, 6.45) is 10.4. The number of fused-ring (bicyclic) bond motifs is 4. The minimum atomic E-state index is 0.140. The monoisotopic (exact) mass is 680 g/mol. The van der Waals surface area contributed by atoms with Gasteiger partial charge in [-0.05, 0) is 121 Å². The van der Waals surface area contributed by atoms with Gasteiger partial charge >= 0.3 is 0 Å². The molecular weight excluding hydrogens is 649 g/mol. The van der Waals surface area contributed by atoms with E-state index in [9.17, 15) is 20.4 Å². The zero-order chi connectivity index (χ0) is 35.3. The van der Waals surface area contributed by atoms with Crippen molar-refractivity contribution in [1.29, 1.82) is 0 Å². The number of rotatable bonds is 4. The van der Waals surface area contributed by atoms with Crippen LogP contribution in [0.3, 0.4) is 0 Å². The number of hydrogen-bond donors (Lipinski definition) is 4. The number of phenols is 4. The van der Waals surface area contributed by atoms with Crippen molar-refractivity contribution >= 4 is 45.1 Å². The Balaban J connectivity index is 1.37. The first kappa shape index (κ1) is 31.2. The molecule has 4 N–H and O–H groups in total. The third-order valence-corrected chi connectivity index (χ3v) is 9.74. The molecule has 0 unspecified atom stereocenters. The van der Waals surface area contributed by atoms with Gasteiger partial charge in [-0.2, -0.15) is 0 Å². The third-order valence-electron chi connectivity index (χ3n) is 9.74. The fourth-order valence-corrected chi connectivity index (χ4v) is 7.52. The molecule has 252 valence electrons. The van der Waals surface area contributed by atoms with Crippen LogP contribution in [-0.4, -0.2) is 43.3 Å². The molecule has 5 aliphatic rings. The first-order valence-electron chi connectivity index (χ1n) is 17.2. The topological polar surface area (TPSA) is 130 Å². The number of aromatic hydroxyl groups is 4. The Hall–Kier alpha value is -6.80. The maximum Gasteiger partial charge on any atom is 0.116 e. The lowest BCUT2D eigenvalue weighted by molar-refractivity contribution is 0.474. The molecule has 8 nitrogen and oxygen atoms in total. The van der Waals surface area contributed by atoms with Gasteiger partial charge in [-0.15, -0.1) is 0 Å². The zero-order valence-corrected chi connectivity index (χ0v) is 28.0. The SMILES string of the molecule is Oc1cccc(C2=C3C=CC(=N3)C(c3cccc(O)c3)=C3CCC(=N3)C(c3cccc(O)c3)=C3C=CC(=N3)C(c3cccc(O)c3)=C3CCC2=N3)c1. The molecule has 0 aliphatic carbocycles. The van der Waals surface area contributed by atoms with Crippen LogP contribution in [0, 0.1) is 0 Å². The van der Waals surface area contributed by atoms with E-state index in [1.807, 2.05) is 72.8 Å². The highest BCUT2D eigenvalue weighted by Gasteiger charge is 2.30. The molecule has 5 aliphatic heterocycles. The highest BCUT2D eigenvalue weighted by molar-refractivity contribution is 6.37. The first-order chi connectivity index (χ1) is 25.4. The van der Waals surface area contributed by atoms with Crippen molar-refractivity contribution in [3.8, 4) is 23.0 Å². The zero-order valence-electron chi connectivity index (χ0n) is 28.0. The molecule has 0 amide bonds. The molecule has 0 saturated heterocycles. The molecule has 0 radical (unpaired) electrons. The second-order valence-electron chi connectivity index (χ2n) is 13.1. The number of allylic oxidation sites excluding steroid dienone is 10. The number of nitrogens with zero attached hydrogens (tertiary/aromatic N) is 4. The Bertz CT molecular complexity index is 2380. The molecule has 4 aromatic rings. The average molecular weight is 681 g/mol. The number of phenolic OH excluding ortho intramolecular Hbond substituents is 4. The van der Waals surface area contributed by atoms with E-state index >= 15 is 0 Å². The van der Waals surface area contributed by atoms with E-state index in [1.54, 1.807) is 48.5 Å². The summed E-state index contributed by atoms with van der Waals surface area (Å²) in [4.78, 5) is 21.0. The van der Waals surface area contributed by atoms with Gasteiger partial charge in [-0.25, -0.2) is 9.98 Å². The average Bonchev–Trinajstić information content (AvgIpc) is 3.96. The van der Waals surface area contributed by atoms with Crippen LogP contribution in [0.2, 0.25) is 0 Å². The molecular formula is C44H32N4O4. The Morgan fingerprint density at radius 1 is 0.365 bits per heavy atom. The van der Waals surface area contributed by atoms with Crippen molar-refractivity contribution in [3.05, 3.63) is 166 Å². The van der Waals surface area contributed by atoms with Crippen molar-refractivity contribution in [2.24, 2.45) is 20.0 Å². The maximum atomic E-state index is 10.6. The summed E-state index contributed by atoms with van der Waals surface area (Å²) in [7, 11) is 0. The summed E-state index contributed by atoms with van der Waals surface area (Å²) in [5.41, 5.74) is 12.5. The lowest BCUT2D eigenvalue weighted by atomic mass is 9.95. The Kier molecular flexibility index (Phi) is 7.51. The fraction of sp³-hybridized carbons (Fsp3) is 0.0909. The van der Waals surface area contributed by atoms with Crippen molar-refractivity contribution < 1.29 is 20.4 Å². The van der Waals surface area contributed by atoms with E-state index in [-0.39, 0.29) is 23.0 Å². The predicted molar refractivity (Wildman–Crippen MR) is 207 cm³/mol. The molecule has 8 heteroatoms. The van der Waals surface area contributed by atoms with Crippen LogP contribution in [0.1, 0.15) is 47.9 Å². The Morgan fingerprint density at radius 3 is 1.06 bits per heavy atom.